The Morgan fingerprint density at radius 1 is 1.21 bits per heavy atom. The molecule has 3 heterocycles. The summed E-state index contributed by atoms with van der Waals surface area (Å²) in [4.78, 5) is 27.2. The highest BCUT2D eigenvalue weighted by Crippen LogP contribution is 2.37. The van der Waals surface area contributed by atoms with Gasteiger partial charge in [0.05, 0.1) is 12.4 Å². The summed E-state index contributed by atoms with van der Waals surface area (Å²) in [5, 5.41) is 16.9. The minimum absolute atomic E-state index is 0.0704. The summed E-state index contributed by atoms with van der Waals surface area (Å²) in [5.41, 5.74) is 10.1. The van der Waals surface area contributed by atoms with Crippen LogP contribution < -0.4 is 16.4 Å². The van der Waals surface area contributed by atoms with Crippen molar-refractivity contribution in [2.24, 2.45) is 0 Å². The lowest BCUT2D eigenvalue weighted by Gasteiger charge is -2.39. The fourth-order valence-corrected chi connectivity index (χ4v) is 5.09. The van der Waals surface area contributed by atoms with Crippen LogP contribution in [0.5, 0.6) is 0 Å². The van der Waals surface area contributed by atoms with Crippen molar-refractivity contribution in [3.63, 3.8) is 0 Å². The van der Waals surface area contributed by atoms with Gasteiger partial charge in [-0.25, -0.2) is 19.7 Å². The summed E-state index contributed by atoms with van der Waals surface area (Å²) in [6, 6.07) is 7.35. The van der Waals surface area contributed by atoms with Crippen LogP contribution >= 0.6 is 0 Å². The van der Waals surface area contributed by atoms with Crippen molar-refractivity contribution in [3.8, 4) is 0 Å². The lowest BCUT2D eigenvalue weighted by Crippen LogP contribution is -2.49. The number of rotatable bonds is 6. The van der Waals surface area contributed by atoms with E-state index >= 15 is 0 Å². The number of aliphatic hydroxyl groups is 1. The number of hydrogen-bond donors (Lipinski definition) is 4. The SMILES string of the molecule is CC1O[C@@H]2C(=C[C@@H](n3cnc4c(N)ncnc43)[C@@H]2O)CN1CCCNC(=O)Nc1ccc(C(C)(C)C)cc1. The van der Waals surface area contributed by atoms with Crippen LogP contribution in [0.1, 0.15) is 45.7 Å². The zero-order valence-electron chi connectivity index (χ0n) is 22.3. The first kappa shape index (κ1) is 26.1. The monoisotopic (exact) mass is 520 g/mol. The molecule has 1 fully saturated rings. The van der Waals surface area contributed by atoms with Gasteiger partial charge >= 0.3 is 6.03 Å². The molecule has 4 atom stereocenters. The number of amides is 2. The van der Waals surface area contributed by atoms with E-state index < -0.39 is 12.2 Å². The minimum atomic E-state index is -0.758. The Morgan fingerprint density at radius 3 is 2.71 bits per heavy atom. The maximum atomic E-state index is 12.3. The number of aromatic nitrogens is 4. The average Bonchev–Trinajstić information content (AvgIpc) is 3.43. The molecule has 1 unspecified atom stereocenters. The van der Waals surface area contributed by atoms with E-state index in [1.54, 1.807) is 6.33 Å². The standard InChI is InChI=1S/C27H36N8O3/c1-16-34(11-5-10-29-26(37)33-19-8-6-18(7-9-19)27(2,3)4)13-17-12-20(22(36)23(17)38-16)35-15-32-21-24(28)30-14-31-25(21)35/h6-9,12,14-16,20,22-23,36H,5,10-11,13H2,1-4H3,(H2,28,30,31)(H2,29,33,37)/t16?,20-,22+,23-/m1/s1. The van der Waals surface area contributed by atoms with E-state index in [0.29, 0.717) is 30.1 Å². The quantitative estimate of drug-likeness (QED) is 0.287. The third kappa shape index (κ3) is 5.22. The maximum Gasteiger partial charge on any atom is 0.319 e. The van der Waals surface area contributed by atoms with Crippen LogP contribution in [0.15, 0.2) is 48.6 Å². The molecule has 0 radical (unpaired) electrons. The molecule has 38 heavy (non-hydrogen) atoms. The van der Waals surface area contributed by atoms with Crippen molar-refractivity contribution in [2.75, 3.05) is 30.7 Å². The van der Waals surface area contributed by atoms with Crippen molar-refractivity contribution >= 4 is 28.7 Å². The predicted octanol–water partition coefficient (Wildman–Crippen LogP) is 2.81. The zero-order valence-corrected chi connectivity index (χ0v) is 22.3. The first-order valence-electron chi connectivity index (χ1n) is 13.0. The van der Waals surface area contributed by atoms with E-state index in [4.69, 9.17) is 10.5 Å². The molecule has 2 amide bonds. The fourth-order valence-electron chi connectivity index (χ4n) is 5.09. The van der Waals surface area contributed by atoms with Gasteiger partial charge in [-0.3, -0.25) is 4.90 Å². The van der Waals surface area contributed by atoms with Gasteiger partial charge in [0.2, 0.25) is 0 Å². The fraction of sp³-hybridized carbons (Fsp3) is 0.481. The molecule has 1 aliphatic carbocycles. The Labute approximate surface area is 222 Å². The molecule has 2 aliphatic rings. The number of anilines is 2. The van der Waals surface area contributed by atoms with Crippen LogP contribution in [-0.2, 0) is 10.2 Å². The molecule has 0 saturated carbocycles. The largest absolute Gasteiger partial charge is 0.388 e. The van der Waals surface area contributed by atoms with Crippen molar-refractivity contribution in [1.82, 2.24) is 29.7 Å². The maximum absolute atomic E-state index is 12.3. The lowest BCUT2D eigenvalue weighted by molar-refractivity contribution is -0.134. The first-order chi connectivity index (χ1) is 18.1. The van der Waals surface area contributed by atoms with Crippen LogP contribution in [-0.4, -0.2) is 73.6 Å². The molecule has 1 aromatic carbocycles. The minimum Gasteiger partial charge on any atom is -0.388 e. The molecule has 0 spiro atoms. The summed E-state index contributed by atoms with van der Waals surface area (Å²) >= 11 is 0. The number of nitrogens with zero attached hydrogens (tertiary/aromatic N) is 5. The lowest BCUT2D eigenvalue weighted by atomic mass is 9.87. The predicted molar refractivity (Wildman–Crippen MR) is 146 cm³/mol. The Morgan fingerprint density at radius 2 is 1.97 bits per heavy atom. The van der Waals surface area contributed by atoms with Gasteiger partial charge in [0, 0.05) is 25.3 Å². The van der Waals surface area contributed by atoms with Crippen LogP contribution in [0.25, 0.3) is 11.2 Å². The summed E-state index contributed by atoms with van der Waals surface area (Å²) in [5.74, 6) is 0.308. The second kappa shape index (κ2) is 10.3. The number of ether oxygens (including phenoxy) is 1. The van der Waals surface area contributed by atoms with E-state index in [0.717, 1.165) is 24.2 Å². The average molecular weight is 521 g/mol. The Balaban J connectivity index is 1.13. The van der Waals surface area contributed by atoms with Crippen LogP contribution in [0.4, 0.5) is 16.3 Å². The summed E-state index contributed by atoms with van der Waals surface area (Å²) in [6.45, 7) is 10.4. The number of imidazole rings is 1. The second-order valence-corrected chi connectivity index (χ2v) is 11.0. The van der Waals surface area contributed by atoms with Gasteiger partial charge in [-0.05, 0) is 42.0 Å². The topological polar surface area (TPSA) is 143 Å². The number of carbonyl (C=O) groups excluding carboxylic acids is 1. The number of hydrogen-bond acceptors (Lipinski definition) is 8. The Kier molecular flexibility index (Phi) is 7.08. The zero-order chi connectivity index (χ0) is 27.0. The van der Waals surface area contributed by atoms with Gasteiger partial charge in [-0.2, -0.15) is 0 Å². The molecule has 3 aromatic rings. The normalized spacial score (nSPS) is 23.8. The number of aliphatic hydroxyl groups excluding tert-OH is 1. The highest BCUT2D eigenvalue weighted by molar-refractivity contribution is 5.89. The summed E-state index contributed by atoms with van der Waals surface area (Å²) in [6.07, 6.45) is 4.50. The number of nitrogens with two attached hydrogens (primary N) is 1. The van der Waals surface area contributed by atoms with Gasteiger partial charge in [0.15, 0.2) is 11.5 Å². The number of fused-ring (bicyclic) bond motifs is 2. The van der Waals surface area contributed by atoms with Gasteiger partial charge in [0.1, 0.15) is 30.3 Å². The van der Waals surface area contributed by atoms with E-state index in [1.807, 2.05) is 41.8 Å². The number of nitrogens with one attached hydrogen (secondary N) is 2. The molecule has 5 N–H and O–H groups in total. The van der Waals surface area contributed by atoms with E-state index in [9.17, 15) is 9.90 Å². The molecule has 0 bridgehead atoms. The number of nitrogen functional groups attached to an aromatic ring is 1. The van der Waals surface area contributed by atoms with Gasteiger partial charge in [0.25, 0.3) is 0 Å². The molecule has 11 nitrogen and oxygen atoms in total. The first-order valence-corrected chi connectivity index (χ1v) is 13.0. The second-order valence-electron chi connectivity index (χ2n) is 11.0. The molecule has 5 rings (SSSR count). The molecule has 1 aliphatic heterocycles. The van der Waals surface area contributed by atoms with E-state index in [1.165, 1.54) is 11.9 Å². The number of benzene rings is 1. The van der Waals surface area contributed by atoms with Gasteiger partial charge in [-0.15, -0.1) is 0 Å². The smallest absolute Gasteiger partial charge is 0.319 e. The van der Waals surface area contributed by atoms with Crippen LogP contribution in [0, 0.1) is 0 Å². The molecular weight excluding hydrogens is 484 g/mol. The van der Waals surface area contributed by atoms with Crippen molar-refractivity contribution in [1.29, 1.82) is 0 Å². The van der Waals surface area contributed by atoms with Crippen molar-refractivity contribution in [2.45, 2.75) is 64.0 Å². The third-order valence-electron chi connectivity index (χ3n) is 7.28. The Hall–Kier alpha value is -3.54. The molecule has 1 saturated heterocycles. The van der Waals surface area contributed by atoms with Gasteiger partial charge in [-0.1, -0.05) is 39.0 Å². The molecule has 11 heteroatoms. The molecule has 202 valence electrons. The molecule has 2 aromatic heterocycles. The molecular formula is C27H36N8O3. The third-order valence-corrected chi connectivity index (χ3v) is 7.28. The van der Waals surface area contributed by atoms with Crippen LogP contribution in [0.3, 0.4) is 0 Å². The van der Waals surface area contributed by atoms with E-state index in [-0.39, 0.29) is 23.7 Å². The number of carbonyl (C=O) groups is 1. The van der Waals surface area contributed by atoms with Crippen molar-refractivity contribution < 1.29 is 14.6 Å². The Bertz CT molecular complexity index is 1330. The highest BCUT2D eigenvalue weighted by Gasteiger charge is 2.43. The van der Waals surface area contributed by atoms with Crippen LogP contribution in [0.2, 0.25) is 0 Å². The summed E-state index contributed by atoms with van der Waals surface area (Å²) in [7, 11) is 0. The number of urea groups is 1. The summed E-state index contributed by atoms with van der Waals surface area (Å²) < 4.78 is 8.03. The highest BCUT2D eigenvalue weighted by atomic mass is 16.5. The van der Waals surface area contributed by atoms with Gasteiger partial charge < -0.3 is 30.8 Å². The van der Waals surface area contributed by atoms with E-state index in [2.05, 4.69) is 51.3 Å². The van der Waals surface area contributed by atoms with Crippen molar-refractivity contribution in [3.05, 3.63) is 54.1 Å².